The summed E-state index contributed by atoms with van der Waals surface area (Å²) < 4.78 is 19.2. The molecule has 0 amide bonds. The number of rotatable bonds is 1. The van der Waals surface area contributed by atoms with E-state index in [0.717, 1.165) is 18.6 Å². The van der Waals surface area contributed by atoms with Crippen molar-refractivity contribution in [3.05, 3.63) is 23.6 Å². The Kier molecular flexibility index (Phi) is 3.25. The molecular weight excluding hydrogens is 191 g/mol. The van der Waals surface area contributed by atoms with Crippen molar-refractivity contribution in [2.45, 2.75) is 39.2 Å². The van der Waals surface area contributed by atoms with Gasteiger partial charge in [0.05, 0.1) is 6.10 Å². The summed E-state index contributed by atoms with van der Waals surface area (Å²) in [4.78, 5) is 0. The van der Waals surface area contributed by atoms with E-state index >= 15 is 0 Å². The SMILES string of the molecule is CC1=C(F)CC(C2CCC(C)CO2)C=C1. The topological polar surface area (TPSA) is 9.23 Å². The first-order valence-electron chi connectivity index (χ1n) is 5.82. The van der Waals surface area contributed by atoms with Crippen LogP contribution < -0.4 is 0 Å². The van der Waals surface area contributed by atoms with E-state index in [1.54, 1.807) is 0 Å². The third-order valence-corrected chi connectivity index (χ3v) is 3.45. The minimum absolute atomic E-state index is 0.0321. The molecule has 0 bridgehead atoms. The second-order valence-corrected chi connectivity index (χ2v) is 4.87. The molecule has 2 heteroatoms. The molecule has 1 heterocycles. The number of hydrogen-bond donors (Lipinski definition) is 0. The summed E-state index contributed by atoms with van der Waals surface area (Å²) in [5.74, 6) is 0.946. The highest BCUT2D eigenvalue weighted by Crippen LogP contribution is 2.32. The van der Waals surface area contributed by atoms with E-state index in [-0.39, 0.29) is 17.8 Å². The average molecular weight is 210 g/mol. The van der Waals surface area contributed by atoms with Gasteiger partial charge in [-0.15, -0.1) is 0 Å². The van der Waals surface area contributed by atoms with Crippen LogP contribution in [0.15, 0.2) is 23.6 Å². The van der Waals surface area contributed by atoms with Gasteiger partial charge in [0.2, 0.25) is 0 Å². The Bertz CT molecular complexity index is 285. The van der Waals surface area contributed by atoms with Gasteiger partial charge in [-0.2, -0.15) is 0 Å². The highest BCUT2D eigenvalue weighted by Gasteiger charge is 2.27. The Hall–Kier alpha value is -0.630. The molecule has 0 aromatic rings. The van der Waals surface area contributed by atoms with E-state index in [1.807, 2.05) is 13.0 Å². The Balaban J connectivity index is 1.94. The zero-order valence-electron chi connectivity index (χ0n) is 9.50. The van der Waals surface area contributed by atoms with E-state index in [4.69, 9.17) is 4.74 Å². The van der Waals surface area contributed by atoms with Gasteiger partial charge in [0.15, 0.2) is 0 Å². The van der Waals surface area contributed by atoms with Gasteiger partial charge in [0, 0.05) is 18.9 Å². The second kappa shape index (κ2) is 4.48. The maximum atomic E-state index is 13.4. The van der Waals surface area contributed by atoms with Crippen LogP contribution in [-0.4, -0.2) is 12.7 Å². The van der Waals surface area contributed by atoms with Crippen molar-refractivity contribution in [3.63, 3.8) is 0 Å². The lowest BCUT2D eigenvalue weighted by atomic mass is 9.86. The standard InChI is InChI=1S/C13H19FO/c1-9-3-6-13(15-8-9)11-5-4-10(2)12(14)7-11/h4-5,9,11,13H,3,6-8H2,1-2H3. The molecule has 1 nitrogen and oxygen atoms in total. The Labute approximate surface area is 91.0 Å². The molecule has 0 aromatic carbocycles. The van der Waals surface area contributed by atoms with E-state index in [1.165, 1.54) is 6.42 Å². The minimum Gasteiger partial charge on any atom is -0.377 e. The Morgan fingerprint density at radius 3 is 2.80 bits per heavy atom. The normalized spacial score (nSPS) is 37.1. The van der Waals surface area contributed by atoms with Crippen LogP contribution in [0.3, 0.4) is 0 Å². The molecule has 1 fully saturated rings. The fourth-order valence-corrected chi connectivity index (χ4v) is 2.29. The predicted molar refractivity (Wildman–Crippen MR) is 59.2 cm³/mol. The highest BCUT2D eigenvalue weighted by molar-refractivity contribution is 5.25. The highest BCUT2D eigenvalue weighted by atomic mass is 19.1. The summed E-state index contributed by atoms with van der Waals surface area (Å²) in [5, 5.41) is 0. The van der Waals surface area contributed by atoms with Crippen LogP contribution in [0.1, 0.15) is 33.1 Å². The summed E-state index contributed by atoms with van der Waals surface area (Å²) in [6.07, 6.45) is 7.05. The lowest BCUT2D eigenvalue weighted by molar-refractivity contribution is -0.0339. The van der Waals surface area contributed by atoms with E-state index in [9.17, 15) is 4.39 Å². The first kappa shape index (κ1) is 10.9. The van der Waals surface area contributed by atoms with E-state index < -0.39 is 0 Å². The number of hydrogen-bond acceptors (Lipinski definition) is 1. The molecule has 2 aliphatic rings. The summed E-state index contributed by atoms with van der Waals surface area (Å²) >= 11 is 0. The molecule has 0 radical (unpaired) electrons. The van der Waals surface area contributed by atoms with Gasteiger partial charge in [-0.3, -0.25) is 0 Å². The minimum atomic E-state index is 0.0321. The molecule has 15 heavy (non-hydrogen) atoms. The van der Waals surface area contributed by atoms with Crippen molar-refractivity contribution in [3.8, 4) is 0 Å². The lowest BCUT2D eigenvalue weighted by Gasteiger charge is -2.32. The number of halogens is 1. The van der Waals surface area contributed by atoms with Gasteiger partial charge in [0.25, 0.3) is 0 Å². The fraction of sp³-hybridized carbons (Fsp3) is 0.692. The maximum absolute atomic E-state index is 13.4. The van der Waals surface area contributed by atoms with Crippen LogP contribution in [-0.2, 0) is 4.74 Å². The van der Waals surface area contributed by atoms with Crippen molar-refractivity contribution >= 4 is 0 Å². The quantitative estimate of drug-likeness (QED) is 0.642. The van der Waals surface area contributed by atoms with Crippen LogP contribution in [0.2, 0.25) is 0 Å². The van der Waals surface area contributed by atoms with Crippen molar-refractivity contribution in [2.75, 3.05) is 6.61 Å². The van der Waals surface area contributed by atoms with Crippen LogP contribution in [0.5, 0.6) is 0 Å². The van der Waals surface area contributed by atoms with E-state index in [0.29, 0.717) is 12.3 Å². The van der Waals surface area contributed by atoms with Crippen LogP contribution in [0.25, 0.3) is 0 Å². The summed E-state index contributed by atoms with van der Waals surface area (Å²) in [6.45, 7) is 4.86. The Morgan fingerprint density at radius 2 is 2.20 bits per heavy atom. The molecule has 2 rings (SSSR count). The number of allylic oxidation sites excluding steroid dienone is 3. The molecule has 0 aromatic heterocycles. The number of ether oxygens (including phenoxy) is 1. The fourth-order valence-electron chi connectivity index (χ4n) is 2.29. The van der Waals surface area contributed by atoms with Crippen molar-refractivity contribution < 1.29 is 9.13 Å². The third kappa shape index (κ3) is 2.49. The zero-order valence-corrected chi connectivity index (χ0v) is 9.50. The molecule has 1 saturated heterocycles. The smallest absolute Gasteiger partial charge is 0.103 e. The van der Waals surface area contributed by atoms with Gasteiger partial charge in [-0.1, -0.05) is 19.1 Å². The van der Waals surface area contributed by atoms with Gasteiger partial charge < -0.3 is 4.74 Å². The summed E-state index contributed by atoms with van der Waals surface area (Å²) in [5.41, 5.74) is 0.774. The van der Waals surface area contributed by atoms with Gasteiger partial charge in [-0.05, 0) is 31.3 Å². The van der Waals surface area contributed by atoms with E-state index in [2.05, 4.69) is 13.0 Å². The lowest BCUT2D eigenvalue weighted by Crippen LogP contribution is -2.31. The third-order valence-electron chi connectivity index (χ3n) is 3.45. The van der Waals surface area contributed by atoms with Crippen LogP contribution in [0.4, 0.5) is 4.39 Å². The zero-order chi connectivity index (χ0) is 10.8. The molecule has 3 atom stereocenters. The predicted octanol–water partition coefficient (Wildman–Crippen LogP) is 3.62. The molecule has 0 saturated carbocycles. The second-order valence-electron chi connectivity index (χ2n) is 4.87. The monoisotopic (exact) mass is 210 g/mol. The average Bonchev–Trinajstić information content (AvgIpc) is 2.23. The molecule has 84 valence electrons. The van der Waals surface area contributed by atoms with Gasteiger partial charge in [0.1, 0.15) is 5.83 Å². The molecule has 1 aliphatic heterocycles. The molecule has 0 spiro atoms. The molecule has 3 unspecified atom stereocenters. The van der Waals surface area contributed by atoms with Crippen molar-refractivity contribution in [2.24, 2.45) is 11.8 Å². The largest absolute Gasteiger partial charge is 0.377 e. The van der Waals surface area contributed by atoms with Crippen molar-refractivity contribution in [1.29, 1.82) is 0 Å². The van der Waals surface area contributed by atoms with Crippen molar-refractivity contribution in [1.82, 2.24) is 0 Å². The van der Waals surface area contributed by atoms with Crippen LogP contribution in [0, 0.1) is 11.8 Å². The Morgan fingerprint density at radius 1 is 1.40 bits per heavy atom. The summed E-state index contributed by atoms with van der Waals surface area (Å²) in [7, 11) is 0. The first-order valence-corrected chi connectivity index (χ1v) is 5.82. The maximum Gasteiger partial charge on any atom is 0.103 e. The first-order chi connectivity index (χ1) is 7.16. The summed E-state index contributed by atoms with van der Waals surface area (Å²) in [6, 6.07) is 0. The van der Waals surface area contributed by atoms with Gasteiger partial charge in [-0.25, -0.2) is 4.39 Å². The molecular formula is C13H19FO. The van der Waals surface area contributed by atoms with Crippen LogP contribution >= 0.6 is 0 Å². The molecule has 0 N–H and O–H groups in total. The van der Waals surface area contributed by atoms with Gasteiger partial charge >= 0.3 is 0 Å². The molecule has 1 aliphatic carbocycles.